The Hall–Kier alpha value is -2.63. The predicted octanol–water partition coefficient (Wildman–Crippen LogP) is 2.24. The number of aromatic amines is 1. The number of benzene rings is 1. The van der Waals surface area contributed by atoms with Crippen LogP contribution in [-0.2, 0) is 11.2 Å². The van der Waals surface area contributed by atoms with Crippen molar-refractivity contribution in [3.05, 3.63) is 35.5 Å². The van der Waals surface area contributed by atoms with E-state index in [2.05, 4.69) is 9.98 Å². The molecule has 2 heterocycles. The zero-order chi connectivity index (χ0) is 17.3. The second-order valence-corrected chi connectivity index (χ2v) is 6.19. The Bertz CT molecular complexity index is 822. The molecule has 24 heavy (non-hydrogen) atoms. The Labute approximate surface area is 140 Å². The first-order valence-corrected chi connectivity index (χ1v) is 8.22. The first-order chi connectivity index (χ1) is 11.5. The van der Waals surface area contributed by atoms with Crippen molar-refractivity contribution in [3.63, 3.8) is 0 Å². The average molecular weight is 326 g/mol. The quantitative estimate of drug-likeness (QED) is 0.825. The van der Waals surface area contributed by atoms with E-state index in [1.807, 2.05) is 31.3 Å². The number of hydrogen-bond acceptors (Lipinski definition) is 4. The lowest BCUT2D eigenvalue weighted by molar-refractivity contribution is -0.127. The van der Waals surface area contributed by atoms with Gasteiger partial charge in [-0.3, -0.25) is 14.5 Å². The summed E-state index contributed by atoms with van der Waals surface area (Å²) in [6.45, 7) is 1.87. The van der Waals surface area contributed by atoms with Gasteiger partial charge in [0.1, 0.15) is 0 Å². The van der Waals surface area contributed by atoms with Gasteiger partial charge in [0.15, 0.2) is 11.7 Å². The minimum Gasteiger partial charge on any atom is -0.369 e. The second kappa shape index (κ2) is 6.47. The van der Waals surface area contributed by atoms with Crippen molar-refractivity contribution >= 4 is 28.6 Å². The third-order valence-electron chi connectivity index (χ3n) is 4.60. The molecule has 126 valence electrons. The fourth-order valence-electron chi connectivity index (χ4n) is 3.04. The maximum absolute atomic E-state index is 11.9. The molecule has 2 aromatic rings. The van der Waals surface area contributed by atoms with Gasteiger partial charge in [-0.05, 0) is 36.6 Å². The molecular weight excluding hydrogens is 304 g/mol. The highest BCUT2D eigenvalue weighted by atomic mass is 16.2. The molecule has 1 aromatic carbocycles. The first-order valence-electron chi connectivity index (χ1n) is 8.22. The van der Waals surface area contributed by atoms with Crippen molar-refractivity contribution in [3.8, 4) is 0 Å². The smallest absolute Gasteiger partial charge is 0.231 e. The van der Waals surface area contributed by atoms with E-state index in [1.54, 1.807) is 7.05 Å². The fraction of sp³-hybridized carbons (Fsp3) is 0.389. The van der Waals surface area contributed by atoms with Crippen molar-refractivity contribution in [1.29, 1.82) is 0 Å². The van der Waals surface area contributed by atoms with Crippen molar-refractivity contribution in [2.24, 2.45) is 10.7 Å². The van der Waals surface area contributed by atoms with Gasteiger partial charge in [0, 0.05) is 42.6 Å². The number of aromatic nitrogens is 1. The van der Waals surface area contributed by atoms with Gasteiger partial charge in [-0.15, -0.1) is 0 Å². The topological polar surface area (TPSA) is 91.5 Å². The normalized spacial score (nSPS) is 18.1. The number of rotatable bonds is 5. The molecule has 3 rings (SSSR count). The van der Waals surface area contributed by atoms with E-state index >= 15 is 0 Å². The standard InChI is InChI=1S/C18H22N4O2/c1-3-16(23)11-5-7-15-14(8-11)12(10-20-15)4-6-13-9-17(24)22(2)18(19)21-13/h5,7-8,10,13,20H,3-4,6,9H2,1-2H3,(H2,19,21)/t13-/m1/s1. The Morgan fingerprint density at radius 3 is 2.96 bits per heavy atom. The molecule has 0 aliphatic carbocycles. The lowest BCUT2D eigenvalue weighted by atomic mass is 9.99. The number of aryl methyl sites for hydroxylation is 1. The molecule has 1 amide bonds. The number of aliphatic imine (C=N–C) groups is 1. The van der Waals surface area contributed by atoms with E-state index in [0.29, 0.717) is 12.8 Å². The Morgan fingerprint density at radius 2 is 2.25 bits per heavy atom. The summed E-state index contributed by atoms with van der Waals surface area (Å²) < 4.78 is 0. The fourth-order valence-corrected chi connectivity index (χ4v) is 3.04. The molecule has 3 N–H and O–H groups in total. The van der Waals surface area contributed by atoms with Gasteiger partial charge in [-0.2, -0.15) is 0 Å². The second-order valence-electron chi connectivity index (χ2n) is 6.19. The molecule has 6 nitrogen and oxygen atoms in total. The van der Waals surface area contributed by atoms with Gasteiger partial charge in [0.05, 0.1) is 6.04 Å². The molecular formula is C18H22N4O2. The summed E-state index contributed by atoms with van der Waals surface area (Å²) in [5, 5.41) is 1.06. The Morgan fingerprint density at radius 1 is 1.46 bits per heavy atom. The summed E-state index contributed by atoms with van der Waals surface area (Å²) in [5.41, 5.74) is 8.67. The highest BCUT2D eigenvalue weighted by Gasteiger charge is 2.24. The minimum absolute atomic E-state index is 0.00209. The van der Waals surface area contributed by atoms with Crippen LogP contribution in [0.1, 0.15) is 42.1 Å². The number of ketones is 1. The van der Waals surface area contributed by atoms with Gasteiger partial charge in [0.2, 0.25) is 5.91 Å². The molecule has 0 saturated carbocycles. The third kappa shape index (κ3) is 3.04. The summed E-state index contributed by atoms with van der Waals surface area (Å²) in [6, 6.07) is 5.66. The van der Waals surface area contributed by atoms with Crippen LogP contribution >= 0.6 is 0 Å². The van der Waals surface area contributed by atoms with Crippen LogP contribution in [0.3, 0.4) is 0 Å². The molecule has 0 radical (unpaired) electrons. The van der Waals surface area contributed by atoms with E-state index in [-0.39, 0.29) is 23.7 Å². The maximum Gasteiger partial charge on any atom is 0.231 e. The first kappa shape index (κ1) is 16.2. The van der Waals surface area contributed by atoms with E-state index in [9.17, 15) is 9.59 Å². The molecule has 0 spiro atoms. The van der Waals surface area contributed by atoms with E-state index < -0.39 is 0 Å². The van der Waals surface area contributed by atoms with Crippen LogP contribution in [0.25, 0.3) is 10.9 Å². The molecule has 0 fully saturated rings. The summed E-state index contributed by atoms with van der Waals surface area (Å²) in [5.74, 6) is 0.426. The number of carbonyl (C=O) groups excluding carboxylic acids is 2. The van der Waals surface area contributed by atoms with Crippen LogP contribution in [-0.4, -0.2) is 40.6 Å². The molecule has 0 unspecified atom stereocenters. The Balaban J connectivity index is 1.78. The highest BCUT2D eigenvalue weighted by Crippen LogP contribution is 2.23. The van der Waals surface area contributed by atoms with Gasteiger partial charge < -0.3 is 10.7 Å². The zero-order valence-corrected chi connectivity index (χ0v) is 14.0. The molecule has 6 heteroatoms. The highest BCUT2D eigenvalue weighted by molar-refractivity contribution is 6.00. The van der Waals surface area contributed by atoms with Gasteiger partial charge in [-0.25, -0.2) is 4.99 Å². The van der Waals surface area contributed by atoms with Crippen LogP contribution in [0.4, 0.5) is 0 Å². The molecule has 1 aliphatic rings. The monoisotopic (exact) mass is 326 g/mol. The van der Waals surface area contributed by atoms with E-state index in [4.69, 9.17) is 5.73 Å². The third-order valence-corrected chi connectivity index (χ3v) is 4.60. The number of amides is 1. The van der Waals surface area contributed by atoms with Crippen LogP contribution in [0.2, 0.25) is 0 Å². The number of guanidine groups is 1. The minimum atomic E-state index is -0.0842. The van der Waals surface area contributed by atoms with Crippen LogP contribution in [0.15, 0.2) is 29.4 Å². The van der Waals surface area contributed by atoms with Gasteiger partial charge in [0.25, 0.3) is 0 Å². The van der Waals surface area contributed by atoms with Crippen LogP contribution < -0.4 is 5.73 Å². The number of carbonyl (C=O) groups is 2. The number of fused-ring (bicyclic) bond motifs is 1. The van der Waals surface area contributed by atoms with Crippen molar-refractivity contribution < 1.29 is 9.59 Å². The summed E-state index contributed by atoms with van der Waals surface area (Å²) >= 11 is 0. The number of nitrogens with two attached hydrogens (primary N) is 1. The molecule has 0 saturated heterocycles. The zero-order valence-electron chi connectivity index (χ0n) is 14.0. The maximum atomic E-state index is 11.9. The summed E-state index contributed by atoms with van der Waals surface area (Å²) in [6.07, 6.45) is 4.38. The molecule has 1 aliphatic heterocycles. The lowest BCUT2D eigenvalue weighted by Crippen LogP contribution is -2.44. The summed E-state index contributed by atoms with van der Waals surface area (Å²) in [7, 11) is 1.64. The number of hydrogen-bond donors (Lipinski definition) is 2. The molecule has 1 aromatic heterocycles. The van der Waals surface area contributed by atoms with Crippen molar-refractivity contribution in [2.45, 2.75) is 38.6 Å². The number of Topliss-reactive ketones (excluding diaryl/α,β-unsaturated/α-hetero) is 1. The average Bonchev–Trinajstić information content (AvgIpc) is 2.99. The largest absolute Gasteiger partial charge is 0.369 e. The van der Waals surface area contributed by atoms with Crippen molar-refractivity contribution in [1.82, 2.24) is 9.88 Å². The SMILES string of the molecule is CCC(=O)c1ccc2[nH]cc(CC[C@@H]3CC(=O)N(C)C(N)=N3)c2c1. The number of nitrogens with zero attached hydrogens (tertiary/aromatic N) is 2. The molecule has 1 atom stereocenters. The van der Waals surface area contributed by atoms with Crippen LogP contribution in [0, 0.1) is 0 Å². The molecule has 0 bridgehead atoms. The Kier molecular flexibility index (Phi) is 4.38. The van der Waals surface area contributed by atoms with E-state index in [1.165, 1.54) is 4.90 Å². The van der Waals surface area contributed by atoms with Gasteiger partial charge in [-0.1, -0.05) is 6.92 Å². The van der Waals surface area contributed by atoms with Gasteiger partial charge >= 0.3 is 0 Å². The number of nitrogens with one attached hydrogen (secondary N) is 1. The summed E-state index contributed by atoms with van der Waals surface area (Å²) in [4.78, 5) is 32.8. The lowest BCUT2D eigenvalue weighted by Gasteiger charge is -2.25. The predicted molar refractivity (Wildman–Crippen MR) is 94.0 cm³/mol. The van der Waals surface area contributed by atoms with E-state index in [0.717, 1.165) is 34.9 Å². The van der Waals surface area contributed by atoms with Crippen LogP contribution in [0.5, 0.6) is 0 Å². The van der Waals surface area contributed by atoms with Crippen molar-refractivity contribution in [2.75, 3.05) is 7.05 Å². The number of H-pyrrole nitrogens is 1.